The summed E-state index contributed by atoms with van der Waals surface area (Å²) in [6.45, 7) is 2.20. The zero-order valence-electron chi connectivity index (χ0n) is 15.3. The molecular weight excluding hydrogens is 382 g/mol. The van der Waals surface area contributed by atoms with Gasteiger partial charge in [-0.25, -0.2) is 8.42 Å². The average Bonchev–Trinajstić information content (AvgIpc) is 3.09. The molecule has 1 saturated carbocycles. The Bertz CT molecular complexity index is 869. The number of carbonyl (C=O) groups excluding carboxylic acids is 1. The van der Waals surface area contributed by atoms with E-state index in [0.717, 1.165) is 17.3 Å². The number of benzene rings is 1. The number of sulfone groups is 1. The van der Waals surface area contributed by atoms with Crippen LogP contribution in [-0.4, -0.2) is 48.3 Å². The van der Waals surface area contributed by atoms with Crippen LogP contribution < -0.4 is 10.6 Å². The summed E-state index contributed by atoms with van der Waals surface area (Å²) in [6.07, 6.45) is 4.63. The summed E-state index contributed by atoms with van der Waals surface area (Å²) in [4.78, 5) is 17.1. The Labute approximate surface area is 164 Å². The van der Waals surface area contributed by atoms with Crippen molar-refractivity contribution < 1.29 is 13.2 Å². The second kappa shape index (κ2) is 7.47. The molecule has 0 unspecified atom stereocenters. The first-order valence-electron chi connectivity index (χ1n) is 9.52. The van der Waals surface area contributed by atoms with Crippen LogP contribution >= 0.6 is 11.8 Å². The van der Waals surface area contributed by atoms with Crippen molar-refractivity contribution >= 4 is 38.4 Å². The van der Waals surface area contributed by atoms with E-state index in [0.29, 0.717) is 11.5 Å². The van der Waals surface area contributed by atoms with Gasteiger partial charge in [-0.05, 0) is 37.0 Å². The van der Waals surface area contributed by atoms with Crippen LogP contribution in [-0.2, 0) is 9.84 Å². The topological polar surface area (TPSA) is 87.6 Å². The molecule has 0 radical (unpaired) electrons. The minimum Gasteiger partial charge on any atom is -0.349 e. The summed E-state index contributed by atoms with van der Waals surface area (Å²) in [5, 5.41) is 7.17. The van der Waals surface area contributed by atoms with E-state index in [-0.39, 0.29) is 34.7 Å². The summed E-state index contributed by atoms with van der Waals surface area (Å²) in [7, 11) is -2.95. The number of amides is 1. The van der Waals surface area contributed by atoms with Crippen molar-refractivity contribution in [3.63, 3.8) is 0 Å². The predicted octanol–water partition coefficient (Wildman–Crippen LogP) is 2.68. The second-order valence-corrected chi connectivity index (χ2v) is 11.2. The van der Waals surface area contributed by atoms with E-state index >= 15 is 0 Å². The lowest BCUT2D eigenvalue weighted by Gasteiger charge is -2.29. The summed E-state index contributed by atoms with van der Waals surface area (Å²) in [6, 6.07) is 7.50. The molecule has 2 fully saturated rings. The standard InChI is InChI=1S/C19H25N3O3S2/c1-12-5-2-3-8-15(12)21-18(23)13-6-4-7-14(9-13)20-19-22-16-10-27(24,25)11-17(16)26-19/h4,6-7,9,12,15-17H,2-3,5,8,10-11H2,1H3,(H,20,22)(H,21,23)/t12-,15+,16-,17+/m1/s1. The molecule has 0 spiro atoms. The van der Waals surface area contributed by atoms with Crippen molar-refractivity contribution in [3.8, 4) is 0 Å². The third-order valence-electron chi connectivity index (χ3n) is 5.62. The largest absolute Gasteiger partial charge is 0.349 e. The number of aliphatic imine (C=N–C) groups is 1. The van der Waals surface area contributed by atoms with Crippen molar-refractivity contribution in [1.82, 2.24) is 5.32 Å². The predicted molar refractivity (Wildman–Crippen MR) is 110 cm³/mol. The highest BCUT2D eigenvalue weighted by Gasteiger charge is 2.42. The number of thioether (sulfide) groups is 1. The van der Waals surface area contributed by atoms with Crippen LogP contribution in [0.3, 0.4) is 0 Å². The number of anilines is 1. The van der Waals surface area contributed by atoms with E-state index in [1.165, 1.54) is 31.0 Å². The SMILES string of the molecule is C[C@@H]1CCCC[C@@H]1NC(=O)c1cccc(NC2=N[C@@H]3CS(=O)(=O)C[C@@H]3S2)c1. The molecule has 2 N–H and O–H groups in total. The van der Waals surface area contributed by atoms with Crippen LogP contribution in [0.5, 0.6) is 0 Å². The van der Waals surface area contributed by atoms with Crippen molar-refractivity contribution in [2.75, 3.05) is 16.8 Å². The van der Waals surface area contributed by atoms with E-state index in [1.54, 1.807) is 0 Å². The van der Waals surface area contributed by atoms with Crippen molar-refractivity contribution in [2.45, 2.75) is 49.9 Å². The number of hydrogen-bond donors (Lipinski definition) is 2. The average molecular weight is 408 g/mol. The molecule has 6 nitrogen and oxygen atoms in total. The molecular formula is C19H25N3O3S2. The van der Waals surface area contributed by atoms with Crippen LogP contribution in [0.25, 0.3) is 0 Å². The third kappa shape index (κ3) is 4.32. The lowest BCUT2D eigenvalue weighted by molar-refractivity contribution is 0.0910. The Kier molecular flexibility index (Phi) is 5.20. The Hall–Kier alpha value is -1.54. The first-order valence-corrected chi connectivity index (χ1v) is 12.2. The fraction of sp³-hybridized carbons (Fsp3) is 0.579. The Morgan fingerprint density at radius 2 is 2.04 bits per heavy atom. The molecule has 4 rings (SSSR count). The van der Waals surface area contributed by atoms with E-state index in [1.807, 2.05) is 24.3 Å². The van der Waals surface area contributed by atoms with Crippen LogP contribution in [0, 0.1) is 5.92 Å². The summed E-state index contributed by atoms with van der Waals surface area (Å²) < 4.78 is 23.3. The van der Waals surface area contributed by atoms with E-state index in [9.17, 15) is 13.2 Å². The molecule has 1 aromatic rings. The van der Waals surface area contributed by atoms with Gasteiger partial charge in [0.1, 0.15) is 0 Å². The fourth-order valence-electron chi connectivity index (χ4n) is 4.06. The summed E-state index contributed by atoms with van der Waals surface area (Å²) in [5.74, 6) is 0.807. The first kappa shape index (κ1) is 18.8. The van der Waals surface area contributed by atoms with Gasteiger partial charge in [-0.2, -0.15) is 0 Å². The molecule has 1 aliphatic carbocycles. The quantitative estimate of drug-likeness (QED) is 0.804. The Morgan fingerprint density at radius 1 is 1.22 bits per heavy atom. The number of hydrogen-bond acceptors (Lipinski definition) is 6. The van der Waals surface area contributed by atoms with Gasteiger partial charge < -0.3 is 10.6 Å². The van der Waals surface area contributed by atoms with Gasteiger partial charge >= 0.3 is 0 Å². The van der Waals surface area contributed by atoms with Gasteiger partial charge in [0, 0.05) is 22.5 Å². The number of carbonyl (C=O) groups is 1. The van der Waals surface area contributed by atoms with Gasteiger partial charge in [0.05, 0.1) is 17.5 Å². The van der Waals surface area contributed by atoms with Gasteiger partial charge in [-0.3, -0.25) is 9.79 Å². The minimum atomic E-state index is -2.95. The van der Waals surface area contributed by atoms with Crippen molar-refractivity contribution in [1.29, 1.82) is 0 Å². The van der Waals surface area contributed by atoms with Crippen LogP contribution in [0.1, 0.15) is 43.0 Å². The molecule has 27 heavy (non-hydrogen) atoms. The number of rotatable bonds is 3. The smallest absolute Gasteiger partial charge is 0.251 e. The van der Waals surface area contributed by atoms with E-state index in [2.05, 4.69) is 22.5 Å². The van der Waals surface area contributed by atoms with Gasteiger partial charge in [0.15, 0.2) is 15.0 Å². The Morgan fingerprint density at radius 3 is 2.81 bits per heavy atom. The minimum absolute atomic E-state index is 0.0109. The number of nitrogens with one attached hydrogen (secondary N) is 2. The monoisotopic (exact) mass is 407 g/mol. The zero-order valence-corrected chi connectivity index (χ0v) is 17.0. The van der Waals surface area contributed by atoms with E-state index in [4.69, 9.17) is 0 Å². The molecule has 1 aromatic carbocycles. The summed E-state index contributed by atoms with van der Waals surface area (Å²) in [5.41, 5.74) is 1.43. The molecule has 1 saturated heterocycles. The van der Waals surface area contributed by atoms with Gasteiger partial charge in [0.2, 0.25) is 0 Å². The van der Waals surface area contributed by atoms with E-state index < -0.39 is 9.84 Å². The highest BCUT2D eigenvalue weighted by atomic mass is 32.2. The van der Waals surface area contributed by atoms with Crippen LogP contribution in [0.4, 0.5) is 5.69 Å². The molecule has 146 valence electrons. The lowest BCUT2D eigenvalue weighted by Crippen LogP contribution is -2.41. The molecule has 8 heteroatoms. The first-order chi connectivity index (χ1) is 12.9. The fourth-order valence-corrected chi connectivity index (χ4v) is 7.74. The maximum absolute atomic E-state index is 12.6. The number of nitrogens with zero attached hydrogens (tertiary/aromatic N) is 1. The molecule has 0 bridgehead atoms. The normalized spacial score (nSPS) is 31.8. The van der Waals surface area contributed by atoms with Crippen LogP contribution in [0.2, 0.25) is 0 Å². The highest BCUT2D eigenvalue weighted by molar-refractivity contribution is 8.15. The van der Waals surface area contributed by atoms with Crippen molar-refractivity contribution in [2.24, 2.45) is 10.9 Å². The van der Waals surface area contributed by atoms with Gasteiger partial charge in [-0.15, -0.1) is 0 Å². The Balaban J connectivity index is 1.40. The summed E-state index contributed by atoms with van der Waals surface area (Å²) >= 11 is 1.48. The third-order valence-corrected chi connectivity index (χ3v) is 8.76. The second-order valence-electron chi connectivity index (χ2n) is 7.78. The maximum Gasteiger partial charge on any atom is 0.251 e. The molecule has 2 aliphatic heterocycles. The molecule has 2 heterocycles. The van der Waals surface area contributed by atoms with Crippen molar-refractivity contribution in [3.05, 3.63) is 29.8 Å². The van der Waals surface area contributed by atoms with Gasteiger partial charge in [-0.1, -0.05) is 37.6 Å². The number of amidine groups is 1. The van der Waals surface area contributed by atoms with Crippen LogP contribution in [0.15, 0.2) is 29.3 Å². The molecule has 1 amide bonds. The highest BCUT2D eigenvalue weighted by Crippen LogP contribution is 2.34. The van der Waals surface area contributed by atoms with Gasteiger partial charge in [0.25, 0.3) is 5.91 Å². The molecule has 3 aliphatic rings. The number of fused-ring (bicyclic) bond motifs is 1. The molecule has 4 atom stereocenters. The molecule has 0 aromatic heterocycles. The zero-order chi connectivity index (χ0) is 19.0. The lowest BCUT2D eigenvalue weighted by atomic mass is 9.86. The maximum atomic E-state index is 12.6.